The van der Waals surface area contributed by atoms with Crippen molar-refractivity contribution < 1.29 is 14.3 Å². The predicted molar refractivity (Wildman–Crippen MR) is 138 cm³/mol. The normalized spacial score (nSPS) is 17.5. The summed E-state index contributed by atoms with van der Waals surface area (Å²) in [7, 11) is 3.26. The van der Waals surface area contributed by atoms with Crippen LogP contribution in [0.4, 0.5) is 0 Å². The van der Waals surface area contributed by atoms with Gasteiger partial charge in [0.05, 0.1) is 37.9 Å². The number of esters is 1. The molecule has 0 radical (unpaired) electrons. The summed E-state index contributed by atoms with van der Waals surface area (Å²) in [5.74, 6) is 0.489. The zero-order chi connectivity index (χ0) is 25.8. The van der Waals surface area contributed by atoms with Crippen LogP contribution < -0.4 is 10.4 Å². The summed E-state index contributed by atoms with van der Waals surface area (Å²) in [4.78, 5) is 24.9. The van der Waals surface area contributed by atoms with Crippen molar-refractivity contribution in [3.63, 3.8) is 0 Å². The van der Waals surface area contributed by atoms with E-state index in [1.54, 1.807) is 26.2 Å². The van der Waals surface area contributed by atoms with Crippen molar-refractivity contribution in [1.29, 1.82) is 0 Å². The molecule has 0 amide bonds. The number of benzene rings is 2. The number of imidazole rings is 1. The Hall–Kier alpha value is -4.14. The molecule has 2 aromatic heterocycles. The molecular weight excluding hydrogens is 470 g/mol. The van der Waals surface area contributed by atoms with Crippen molar-refractivity contribution in [3.05, 3.63) is 88.7 Å². The highest BCUT2D eigenvalue weighted by Gasteiger charge is 2.29. The average molecular weight is 502 g/mol. The van der Waals surface area contributed by atoms with Crippen LogP contribution in [0.15, 0.2) is 71.8 Å². The molecule has 0 bridgehead atoms. The molecule has 0 unspecified atom stereocenters. The second-order valence-corrected chi connectivity index (χ2v) is 9.48. The van der Waals surface area contributed by atoms with Gasteiger partial charge in [0.2, 0.25) is 0 Å². The van der Waals surface area contributed by atoms with Gasteiger partial charge in [-0.1, -0.05) is 35.5 Å². The number of carbonyl (C=O) groups excluding carboxylic acids is 1. The summed E-state index contributed by atoms with van der Waals surface area (Å²) in [6, 6.07) is 17.6. The highest BCUT2D eigenvalue weighted by atomic mass is 16.5. The predicted octanol–water partition coefficient (Wildman–Crippen LogP) is 3.65. The quantitative estimate of drug-likeness (QED) is 0.342. The Kier molecular flexibility index (Phi) is 7.20. The first-order valence-electron chi connectivity index (χ1n) is 12.5. The fourth-order valence-corrected chi connectivity index (χ4v) is 4.93. The molecule has 4 aromatic rings. The van der Waals surface area contributed by atoms with Crippen molar-refractivity contribution in [1.82, 2.24) is 24.1 Å². The van der Waals surface area contributed by atoms with Crippen LogP contribution in [0.1, 0.15) is 36.9 Å². The maximum Gasteiger partial charge on any atom is 0.328 e. The van der Waals surface area contributed by atoms with Crippen molar-refractivity contribution >= 4 is 5.97 Å². The number of carbonyl (C=O) groups is 1. The van der Waals surface area contributed by atoms with E-state index in [1.807, 2.05) is 61.6 Å². The molecule has 1 fully saturated rings. The van der Waals surface area contributed by atoms with E-state index in [-0.39, 0.29) is 23.7 Å². The molecule has 9 nitrogen and oxygen atoms in total. The van der Waals surface area contributed by atoms with Crippen LogP contribution in [0.3, 0.4) is 0 Å². The van der Waals surface area contributed by atoms with Gasteiger partial charge in [-0.15, -0.1) is 5.10 Å². The first kappa shape index (κ1) is 24.5. The van der Waals surface area contributed by atoms with E-state index in [9.17, 15) is 9.59 Å². The first-order valence-corrected chi connectivity index (χ1v) is 12.5. The average Bonchev–Trinajstić information content (AvgIpc) is 3.46. The molecule has 0 aliphatic heterocycles. The van der Waals surface area contributed by atoms with Gasteiger partial charge in [-0.2, -0.15) is 0 Å². The van der Waals surface area contributed by atoms with Crippen molar-refractivity contribution in [3.8, 4) is 17.0 Å². The Morgan fingerprint density at radius 3 is 2.46 bits per heavy atom. The zero-order valence-corrected chi connectivity index (χ0v) is 21.1. The van der Waals surface area contributed by atoms with E-state index in [0.29, 0.717) is 19.5 Å². The highest BCUT2D eigenvalue weighted by Crippen LogP contribution is 2.30. The molecule has 1 aliphatic rings. The fraction of sp³-hybridized carbons (Fsp3) is 0.357. The summed E-state index contributed by atoms with van der Waals surface area (Å²) in [5.41, 5.74) is 3.43. The number of aryl methyl sites for hydroxylation is 1. The Bertz CT molecular complexity index is 1400. The van der Waals surface area contributed by atoms with Gasteiger partial charge in [0.25, 0.3) is 0 Å². The van der Waals surface area contributed by atoms with E-state index < -0.39 is 0 Å². The van der Waals surface area contributed by atoms with Gasteiger partial charge < -0.3 is 9.47 Å². The molecular formula is C28H31N5O4. The van der Waals surface area contributed by atoms with Crippen LogP contribution in [0, 0.1) is 5.92 Å². The summed E-state index contributed by atoms with van der Waals surface area (Å²) in [6.07, 6.45) is 6.97. The number of methoxy groups -OCH3 is 1. The lowest BCUT2D eigenvalue weighted by Gasteiger charge is -2.28. The van der Waals surface area contributed by atoms with E-state index >= 15 is 0 Å². The fourth-order valence-electron chi connectivity index (χ4n) is 4.93. The molecule has 192 valence electrons. The Labute approximate surface area is 215 Å². The standard InChI is InChI=1S/C28H31N5O4/c1-31-25(19-33-16-15-32(28(33)35)18-20-7-4-3-5-8-20)26(29-30-31)21-11-13-23(14-12-21)37-24-10-6-9-22(17-24)27(34)36-2/h3-5,7-8,11-16,22,24H,6,9-10,17-19H2,1-2H3/t22-,24-/m0/s1. The lowest BCUT2D eigenvalue weighted by atomic mass is 9.87. The van der Waals surface area contributed by atoms with E-state index in [1.165, 1.54) is 7.11 Å². The molecule has 37 heavy (non-hydrogen) atoms. The summed E-state index contributed by atoms with van der Waals surface area (Å²) in [6.45, 7) is 0.876. The zero-order valence-electron chi connectivity index (χ0n) is 21.1. The van der Waals surface area contributed by atoms with E-state index in [2.05, 4.69) is 10.3 Å². The third-order valence-corrected chi connectivity index (χ3v) is 6.97. The van der Waals surface area contributed by atoms with Gasteiger partial charge in [-0.05, 0) is 55.5 Å². The molecule has 2 heterocycles. The van der Waals surface area contributed by atoms with Crippen molar-refractivity contribution in [2.24, 2.45) is 13.0 Å². The van der Waals surface area contributed by atoms with Gasteiger partial charge in [0.1, 0.15) is 11.4 Å². The number of nitrogens with zero attached hydrogens (tertiary/aromatic N) is 5. The second-order valence-electron chi connectivity index (χ2n) is 9.48. The highest BCUT2D eigenvalue weighted by molar-refractivity contribution is 5.72. The van der Waals surface area contributed by atoms with Crippen LogP contribution in [-0.4, -0.2) is 43.3 Å². The lowest BCUT2D eigenvalue weighted by Crippen LogP contribution is -2.30. The molecule has 9 heteroatoms. The van der Waals surface area contributed by atoms with Gasteiger partial charge >= 0.3 is 11.7 Å². The van der Waals surface area contributed by atoms with Crippen LogP contribution >= 0.6 is 0 Å². The number of aromatic nitrogens is 5. The number of ether oxygens (including phenoxy) is 2. The Morgan fingerprint density at radius 1 is 1.00 bits per heavy atom. The molecule has 1 aliphatic carbocycles. The minimum Gasteiger partial charge on any atom is -0.490 e. The van der Waals surface area contributed by atoms with Crippen molar-refractivity contribution in [2.45, 2.75) is 44.9 Å². The number of rotatable bonds is 8. The topological polar surface area (TPSA) is 93.2 Å². The van der Waals surface area contributed by atoms with Gasteiger partial charge in [-0.3, -0.25) is 13.9 Å². The Balaban J connectivity index is 1.29. The smallest absolute Gasteiger partial charge is 0.328 e. The van der Waals surface area contributed by atoms with Crippen LogP contribution in [0.5, 0.6) is 5.75 Å². The largest absolute Gasteiger partial charge is 0.490 e. The van der Waals surface area contributed by atoms with E-state index in [4.69, 9.17) is 9.47 Å². The van der Waals surface area contributed by atoms with Crippen LogP contribution in [0.25, 0.3) is 11.3 Å². The second kappa shape index (κ2) is 10.9. The third kappa shape index (κ3) is 5.50. The maximum atomic E-state index is 13.0. The summed E-state index contributed by atoms with van der Waals surface area (Å²) < 4.78 is 16.2. The lowest BCUT2D eigenvalue weighted by molar-refractivity contribution is -0.147. The first-order chi connectivity index (χ1) is 18.0. The van der Waals surface area contributed by atoms with Gasteiger partial charge in [-0.25, -0.2) is 9.48 Å². The van der Waals surface area contributed by atoms with Crippen LogP contribution in [-0.2, 0) is 29.7 Å². The monoisotopic (exact) mass is 501 g/mol. The summed E-state index contributed by atoms with van der Waals surface area (Å²) in [5, 5.41) is 8.58. The molecule has 1 saturated carbocycles. The summed E-state index contributed by atoms with van der Waals surface area (Å²) >= 11 is 0. The molecule has 0 saturated heterocycles. The molecule has 0 N–H and O–H groups in total. The van der Waals surface area contributed by atoms with Gasteiger partial charge in [0, 0.05) is 25.0 Å². The molecule has 2 atom stereocenters. The number of hydrogen-bond acceptors (Lipinski definition) is 6. The Morgan fingerprint density at radius 2 is 1.73 bits per heavy atom. The molecule has 0 spiro atoms. The minimum atomic E-state index is -0.159. The maximum absolute atomic E-state index is 13.0. The minimum absolute atomic E-state index is 0.0115. The molecule has 5 rings (SSSR count). The SMILES string of the molecule is COC(=O)[C@H]1CCC[C@H](Oc2ccc(-c3nnn(C)c3Cn3ccn(Cc4ccccc4)c3=O)cc2)C1. The van der Waals surface area contributed by atoms with Crippen molar-refractivity contribution in [2.75, 3.05) is 7.11 Å². The van der Waals surface area contributed by atoms with Gasteiger partial charge in [0.15, 0.2) is 0 Å². The molecule has 2 aromatic carbocycles. The van der Waals surface area contributed by atoms with Crippen LogP contribution in [0.2, 0.25) is 0 Å². The number of hydrogen-bond donors (Lipinski definition) is 0. The van der Waals surface area contributed by atoms with E-state index in [0.717, 1.165) is 47.5 Å². The third-order valence-electron chi connectivity index (χ3n) is 6.97.